The fraction of sp³-hybridized carbons (Fsp3) is 0.250. The molecule has 9 heteroatoms. The lowest BCUT2D eigenvalue weighted by molar-refractivity contribution is -0.114. The van der Waals surface area contributed by atoms with E-state index in [0.717, 1.165) is 5.69 Å². The predicted molar refractivity (Wildman–Crippen MR) is 113 cm³/mol. The summed E-state index contributed by atoms with van der Waals surface area (Å²) >= 11 is 1.26. The number of tetrazole rings is 1. The van der Waals surface area contributed by atoms with Crippen LogP contribution in [0.5, 0.6) is 0 Å². The third kappa shape index (κ3) is 5.64. The number of thioether (sulfide) groups is 1. The molecule has 0 aliphatic carbocycles. The maximum Gasteiger partial charge on any atom is 0.234 e. The third-order valence-electron chi connectivity index (χ3n) is 4.07. The zero-order chi connectivity index (χ0) is 20.8. The Kier molecular flexibility index (Phi) is 6.61. The van der Waals surface area contributed by atoms with Gasteiger partial charge in [-0.05, 0) is 58.3 Å². The number of benzene rings is 2. The molecule has 0 saturated heterocycles. The molecule has 0 aliphatic heterocycles. The first kappa shape index (κ1) is 20.5. The average molecular weight is 411 g/mol. The van der Waals surface area contributed by atoms with Crippen molar-refractivity contribution >= 4 is 35.0 Å². The molecule has 3 rings (SSSR count). The van der Waals surface area contributed by atoms with Crippen LogP contribution in [0.3, 0.4) is 0 Å². The van der Waals surface area contributed by atoms with E-state index < -0.39 is 0 Å². The number of nitrogens with zero attached hydrogens (tertiary/aromatic N) is 4. The largest absolute Gasteiger partial charge is 0.326 e. The maximum absolute atomic E-state index is 12.3. The van der Waals surface area contributed by atoms with Gasteiger partial charge >= 0.3 is 0 Å². The zero-order valence-electron chi connectivity index (χ0n) is 16.4. The standard InChI is InChI=1S/C20H22N6O2S/c1-13(2)15-4-10-18(11-5-15)26-20(23-24-25-26)29-12-19(28)22-17-8-6-16(7-9-17)21-14(3)27/h4-11,13H,12H2,1-3H3,(H,21,27)(H,22,28). The number of carbonyl (C=O) groups excluding carboxylic acids is 2. The van der Waals surface area contributed by atoms with Crippen LogP contribution in [0.2, 0.25) is 0 Å². The lowest BCUT2D eigenvalue weighted by Gasteiger charge is -2.08. The molecule has 0 spiro atoms. The molecule has 0 saturated carbocycles. The molecule has 0 bridgehead atoms. The van der Waals surface area contributed by atoms with Gasteiger partial charge in [0, 0.05) is 18.3 Å². The van der Waals surface area contributed by atoms with Crippen molar-refractivity contribution in [3.63, 3.8) is 0 Å². The normalized spacial score (nSPS) is 10.8. The molecule has 0 unspecified atom stereocenters. The van der Waals surface area contributed by atoms with Crippen LogP contribution in [0.4, 0.5) is 11.4 Å². The Morgan fingerprint density at radius 2 is 1.62 bits per heavy atom. The van der Waals surface area contributed by atoms with Gasteiger partial charge in [-0.3, -0.25) is 9.59 Å². The van der Waals surface area contributed by atoms with Crippen LogP contribution in [-0.2, 0) is 9.59 Å². The Hall–Kier alpha value is -3.20. The van der Waals surface area contributed by atoms with E-state index in [1.807, 2.05) is 24.3 Å². The topological polar surface area (TPSA) is 102 Å². The number of amides is 2. The van der Waals surface area contributed by atoms with Gasteiger partial charge in [0.15, 0.2) is 0 Å². The number of rotatable bonds is 7. The molecule has 2 amide bonds. The van der Waals surface area contributed by atoms with E-state index in [-0.39, 0.29) is 17.6 Å². The highest BCUT2D eigenvalue weighted by Crippen LogP contribution is 2.21. The summed E-state index contributed by atoms with van der Waals surface area (Å²) < 4.78 is 1.62. The molecule has 0 atom stereocenters. The summed E-state index contributed by atoms with van der Waals surface area (Å²) in [6.07, 6.45) is 0. The number of aromatic nitrogens is 4. The van der Waals surface area contributed by atoms with Gasteiger partial charge in [0.05, 0.1) is 11.4 Å². The van der Waals surface area contributed by atoms with Gasteiger partial charge in [0.1, 0.15) is 0 Å². The van der Waals surface area contributed by atoms with Crippen molar-refractivity contribution in [3.05, 3.63) is 54.1 Å². The molecule has 8 nitrogen and oxygen atoms in total. The highest BCUT2D eigenvalue weighted by atomic mass is 32.2. The second-order valence-electron chi connectivity index (χ2n) is 6.71. The van der Waals surface area contributed by atoms with Gasteiger partial charge in [0.25, 0.3) is 0 Å². The lowest BCUT2D eigenvalue weighted by atomic mass is 10.0. The van der Waals surface area contributed by atoms with Crippen LogP contribution in [0, 0.1) is 0 Å². The van der Waals surface area contributed by atoms with Crippen LogP contribution in [0.25, 0.3) is 5.69 Å². The van der Waals surface area contributed by atoms with E-state index in [1.54, 1.807) is 28.9 Å². The summed E-state index contributed by atoms with van der Waals surface area (Å²) in [7, 11) is 0. The zero-order valence-corrected chi connectivity index (χ0v) is 17.2. The quantitative estimate of drug-likeness (QED) is 0.578. The van der Waals surface area contributed by atoms with Gasteiger partial charge in [-0.15, -0.1) is 5.10 Å². The fourth-order valence-electron chi connectivity index (χ4n) is 2.60. The SMILES string of the molecule is CC(=O)Nc1ccc(NC(=O)CSc2nnnn2-c2ccc(C(C)C)cc2)cc1. The van der Waals surface area contributed by atoms with Crippen LogP contribution in [0.1, 0.15) is 32.3 Å². The second kappa shape index (κ2) is 9.33. The Labute approximate surface area is 173 Å². The molecule has 29 heavy (non-hydrogen) atoms. The van der Waals surface area contributed by atoms with E-state index in [2.05, 4.69) is 40.0 Å². The lowest BCUT2D eigenvalue weighted by Crippen LogP contribution is -2.14. The minimum Gasteiger partial charge on any atom is -0.326 e. The van der Waals surface area contributed by atoms with Gasteiger partial charge in [-0.2, -0.15) is 4.68 Å². The molecular weight excluding hydrogens is 388 g/mol. The van der Waals surface area contributed by atoms with Gasteiger partial charge in [-0.25, -0.2) is 0 Å². The summed E-state index contributed by atoms with van der Waals surface area (Å²) in [5.74, 6) is 0.294. The van der Waals surface area contributed by atoms with Gasteiger partial charge < -0.3 is 10.6 Å². The van der Waals surface area contributed by atoms with Crippen molar-refractivity contribution in [2.24, 2.45) is 0 Å². The first-order valence-electron chi connectivity index (χ1n) is 9.11. The molecule has 2 aromatic carbocycles. The summed E-state index contributed by atoms with van der Waals surface area (Å²) in [4.78, 5) is 23.3. The average Bonchev–Trinajstić information content (AvgIpc) is 3.16. The minimum atomic E-state index is -0.174. The number of hydrogen-bond acceptors (Lipinski definition) is 6. The van der Waals surface area contributed by atoms with E-state index in [1.165, 1.54) is 24.2 Å². The Bertz CT molecular complexity index is 983. The Morgan fingerprint density at radius 1 is 1.00 bits per heavy atom. The molecule has 0 radical (unpaired) electrons. The maximum atomic E-state index is 12.3. The number of nitrogens with one attached hydrogen (secondary N) is 2. The van der Waals surface area contributed by atoms with E-state index in [0.29, 0.717) is 22.4 Å². The van der Waals surface area contributed by atoms with Crippen molar-refractivity contribution < 1.29 is 9.59 Å². The van der Waals surface area contributed by atoms with Crippen molar-refractivity contribution in [1.29, 1.82) is 0 Å². The van der Waals surface area contributed by atoms with Crippen molar-refractivity contribution in [2.75, 3.05) is 16.4 Å². The first-order valence-corrected chi connectivity index (χ1v) is 10.1. The summed E-state index contributed by atoms with van der Waals surface area (Å²) in [5.41, 5.74) is 3.40. The van der Waals surface area contributed by atoms with Gasteiger partial charge in [-0.1, -0.05) is 37.7 Å². The minimum absolute atomic E-state index is 0.144. The highest BCUT2D eigenvalue weighted by molar-refractivity contribution is 7.99. The first-order chi connectivity index (χ1) is 13.9. The molecule has 0 fully saturated rings. The fourth-order valence-corrected chi connectivity index (χ4v) is 3.29. The predicted octanol–water partition coefficient (Wildman–Crippen LogP) is 3.47. The van der Waals surface area contributed by atoms with Crippen molar-refractivity contribution in [3.8, 4) is 5.69 Å². The van der Waals surface area contributed by atoms with Crippen molar-refractivity contribution in [2.45, 2.75) is 31.8 Å². The van der Waals surface area contributed by atoms with Crippen LogP contribution in [0.15, 0.2) is 53.7 Å². The Balaban J connectivity index is 1.58. The molecule has 2 N–H and O–H groups in total. The van der Waals surface area contributed by atoms with Crippen LogP contribution >= 0.6 is 11.8 Å². The van der Waals surface area contributed by atoms with E-state index >= 15 is 0 Å². The number of hydrogen-bond donors (Lipinski definition) is 2. The number of carbonyl (C=O) groups is 2. The van der Waals surface area contributed by atoms with E-state index in [9.17, 15) is 9.59 Å². The van der Waals surface area contributed by atoms with Crippen molar-refractivity contribution in [1.82, 2.24) is 20.2 Å². The molecule has 1 heterocycles. The molecular formula is C20H22N6O2S. The van der Waals surface area contributed by atoms with E-state index in [4.69, 9.17) is 0 Å². The molecule has 1 aromatic heterocycles. The molecule has 150 valence electrons. The monoisotopic (exact) mass is 410 g/mol. The summed E-state index contributed by atoms with van der Waals surface area (Å²) in [6, 6.07) is 14.9. The van der Waals surface area contributed by atoms with Crippen LogP contribution in [-0.4, -0.2) is 37.8 Å². The number of anilines is 2. The summed E-state index contributed by atoms with van der Waals surface area (Å²) in [5, 5.41) is 17.8. The smallest absolute Gasteiger partial charge is 0.234 e. The third-order valence-corrected chi connectivity index (χ3v) is 4.99. The van der Waals surface area contributed by atoms with Crippen LogP contribution < -0.4 is 10.6 Å². The molecule has 0 aliphatic rings. The van der Waals surface area contributed by atoms with Gasteiger partial charge in [0.2, 0.25) is 17.0 Å². The Morgan fingerprint density at radius 3 is 2.21 bits per heavy atom. The highest BCUT2D eigenvalue weighted by Gasteiger charge is 2.12. The second-order valence-corrected chi connectivity index (χ2v) is 7.66. The summed E-state index contributed by atoms with van der Waals surface area (Å²) in [6.45, 7) is 5.72. The molecule has 3 aromatic rings.